The van der Waals surface area contributed by atoms with E-state index >= 15 is 0 Å². The number of nitrogens with zero attached hydrogens (tertiary/aromatic N) is 3. The molecule has 1 saturated carbocycles. The van der Waals surface area contributed by atoms with Gasteiger partial charge >= 0.3 is 0 Å². The summed E-state index contributed by atoms with van der Waals surface area (Å²) < 4.78 is 1.68. The molecule has 1 fully saturated rings. The molecule has 3 aromatic rings. The molecule has 1 aliphatic rings. The monoisotopic (exact) mass is 304 g/mol. The molecule has 4 rings (SSSR count). The summed E-state index contributed by atoms with van der Waals surface area (Å²) in [5.74, 6) is 0.0669. The lowest BCUT2D eigenvalue weighted by Gasteiger charge is -2.16. The number of amides is 1. The normalized spacial score (nSPS) is 15.1. The Morgan fingerprint density at radius 3 is 2.39 bits per heavy atom. The van der Waals surface area contributed by atoms with E-state index in [0.29, 0.717) is 0 Å². The molecule has 0 radical (unpaired) electrons. The molecular formula is C18H16N4O. The minimum absolute atomic E-state index is 0.0669. The highest BCUT2D eigenvalue weighted by molar-refractivity contribution is 6.01. The standard InChI is InChI=1S/C18H16N4O/c23-17(18(10-11-18)14-4-2-1-3-5-14)21-15-6-8-16(9-7-15)22-13-19-12-20-22/h1-9,12-13H,10-11H2,(H,21,23). The molecule has 23 heavy (non-hydrogen) atoms. The molecule has 1 aliphatic carbocycles. The van der Waals surface area contributed by atoms with E-state index in [9.17, 15) is 4.79 Å². The van der Waals surface area contributed by atoms with Gasteiger partial charge < -0.3 is 5.32 Å². The number of carbonyl (C=O) groups excluding carboxylic acids is 1. The quantitative estimate of drug-likeness (QED) is 0.806. The predicted octanol–water partition coefficient (Wildman–Crippen LogP) is 2.94. The van der Waals surface area contributed by atoms with Crippen LogP contribution in [-0.4, -0.2) is 20.7 Å². The minimum atomic E-state index is -0.355. The molecule has 0 bridgehead atoms. The largest absolute Gasteiger partial charge is 0.325 e. The summed E-state index contributed by atoms with van der Waals surface area (Å²) in [6, 6.07) is 17.6. The second kappa shape index (κ2) is 5.35. The summed E-state index contributed by atoms with van der Waals surface area (Å²) in [6.07, 6.45) is 4.94. The first-order chi connectivity index (χ1) is 11.3. The highest BCUT2D eigenvalue weighted by Gasteiger charge is 2.51. The maximum absolute atomic E-state index is 12.7. The molecule has 2 aromatic carbocycles. The number of nitrogens with one attached hydrogen (secondary N) is 1. The Balaban J connectivity index is 1.51. The SMILES string of the molecule is O=C(Nc1ccc(-n2cncn2)cc1)C1(c2ccccc2)CC1. The van der Waals surface area contributed by atoms with Crippen LogP contribution in [0.2, 0.25) is 0 Å². The second-order valence-corrected chi connectivity index (χ2v) is 5.79. The lowest BCUT2D eigenvalue weighted by atomic mass is 9.95. The van der Waals surface area contributed by atoms with Crippen molar-refractivity contribution in [3.8, 4) is 5.69 Å². The van der Waals surface area contributed by atoms with Crippen molar-refractivity contribution in [1.82, 2.24) is 14.8 Å². The molecule has 0 spiro atoms. The van der Waals surface area contributed by atoms with E-state index in [1.165, 1.54) is 6.33 Å². The van der Waals surface area contributed by atoms with Crippen LogP contribution in [0.3, 0.4) is 0 Å². The number of anilines is 1. The number of benzene rings is 2. The number of hydrogen-bond acceptors (Lipinski definition) is 3. The fraction of sp³-hybridized carbons (Fsp3) is 0.167. The molecule has 0 unspecified atom stereocenters. The summed E-state index contributed by atoms with van der Waals surface area (Å²) in [5.41, 5.74) is 2.44. The lowest BCUT2D eigenvalue weighted by molar-refractivity contribution is -0.118. The van der Waals surface area contributed by atoms with E-state index in [-0.39, 0.29) is 11.3 Å². The minimum Gasteiger partial charge on any atom is -0.325 e. The van der Waals surface area contributed by atoms with Crippen LogP contribution in [0.25, 0.3) is 5.69 Å². The maximum Gasteiger partial charge on any atom is 0.235 e. The topological polar surface area (TPSA) is 59.8 Å². The summed E-state index contributed by atoms with van der Waals surface area (Å²) in [6.45, 7) is 0. The van der Waals surface area contributed by atoms with Gasteiger partial charge in [-0.2, -0.15) is 5.10 Å². The van der Waals surface area contributed by atoms with Gasteiger partial charge in [-0.1, -0.05) is 30.3 Å². The Morgan fingerprint density at radius 1 is 1.04 bits per heavy atom. The summed E-state index contributed by atoms with van der Waals surface area (Å²) in [7, 11) is 0. The fourth-order valence-electron chi connectivity index (χ4n) is 2.82. The van der Waals surface area contributed by atoms with Gasteiger partial charge in [0, 0.05) is 5.69 Å². The van der Waals surface area contributed by atoms with Crippen molar-refractivity contribution in [3.05, 3.63) is 72.8 Å². The van der Waals surface area contributed by atoms with Gasteiger partial charge in [0.05, 0.1) is 11.1 Å². The van der Waals surface area contributed by atoms with Gasteiger partial charge in [0.25, 0.3) is 0 Å². The Morgan fingerprint density at radius 2 is 1.78 bits per heavy atom. The van der Waals surface area contributed by atoms with Crippen molar-refractivity contribution >= 4 is 11.6 Å². The maximum atomic E-state index is 12.7. The van der Waals surface area contributed by atoms with Crippen molar-refractivity contribution in [2.24, 2.45) is 0 Å². The Hall–Kier alpha value is -2.95. The van der Waals surface area contributed by atoms with E-state index in [0.717, 1.165) is 29.8 Å². The third-order valence-corrected chi connectivity index (χ3v) is 4.32. The Kier molecular flexibility index (Phi) is 3.19. The zero-order chi connectivity index (χ0) is 15.7. The van der Waals surface area contributed by atoms with Crippen molar-refractivity contribution in [3.63, 3.8) is 0 Å². The van der Waals surface area contributed by atoms with Crippen LogP contribution in [0.1, 0.15) is 18.4 Å². The first kappa shape index (κ1) is 13.7. The van der Waals surface area contributed by atoms with Gasteiger partial charge in [0.1, 0.15) is 12.7 Å². The highest BCUT2D eigenvalue weighted by Crippen LogP contribution is 2.48. The van der Waals surface area contributed by atoms with Crippen LogP contribution in [0.4, 0.5) is 5.69 Å². The number of carbonyl (C=O) groups is 1. The number of rotatable bonds is 4. The lowest BCUT2D eigenvalue weighted by Crippen LogP contribution is -2.27. The zero-order valence-corrected chi connectivity index (χ0v) is 12.5. The van der Waals surface area contributed by atoms with Crippen LogP contribution >= 0.6 is 0 Å². The van der Waals surface area contributed by atoms with Crippen LogP contribution in [0.5, 0.6) is 0 Å². The molecular weight excluding hydrogens is 288 g/mol. The average molecular weight is 304 g/mol. The summed E-state index contributed by atoms with van der Waals surface area (Å²) >= 11 is 0. The molecule has 1 aromatic heterocycles. The van der Waals surface area contributed by atoms with Gasteiger partial charge in [-0.05, 0) is 42.7 Å². The highest BCUT2D eigenvalue weighted by atomic mass is 16.2. The molecule has 1 heterocycles. The number of hydrogen-bond donors (Lipinski definition) is 1. The second-order valence-electron chi connectivity index (χ2n) is 5.79. The summed E-state index contributed by atoms with van der Waals surface area (Å²) in [5, 5.41) is 7.12. The van der Waals surface area contributed by atoms with Gasteiger partial charge in [-0.25, -0.2) is 9.67 Å². The van der Waals surface area contributed by atoms with Crippen LogP contribution in [-0.2, 0) is 10.2 Å². The van der Waals surface area contributed by atoms with Gasteiger partial charge in [-0.3, -0.25) is 4.79 Å². The molecule has 5 heteroatoms. The molecule has 0 atom stereocenters. The van der Waals surface area contributed by atoms with Crippen LogP contribution in [0, 0.1) is 0 Å². The first-order valence-electron chi connectivity index (χ1n) is 7.60. The number of aromatic nitrogens is 3. The van der Waals surface area contributed by atoms with E-state index in [4.69, 9.17) is 0 Å². The fourth-order valence-corrected chi connectivity index (χ4v) is 2.82. The van der Waals surface area contributed by atoms with Crippen molar-refractivity contribution in [2.45, 2.75) is 18.3 Å². The molecule has 0 aliphatic heterocycles. The third kappa shape index (κ3) is 2.50. The van der Waals surface area contributed by atoms with E-state index in [1.54, 1.807) is 11.0 Å². The van der Waals surface area contributed by atoms with Crippen molar-refractivity contribution < 1.29 is 4.79 Å². The van der Waals surface area contributed by atoms with Gasteiger partial charge in [0.2, 0.25) is 5.91 Å². The first-order valence-corrected chi connectivity index (χ1v) is 7.60. The van der Waals surface area contributed by atoms with Crippen LogP contribution < -0.4 is 5.32 Å². The third-order valence-electron chi connectivity index (χ3n) is 4.32. The van der Waals surface area contributed by atoms with E-state index in [2.05, 4.69) is 15.4 Å². The molecule has 1 N–H and O–H groups in total. The zero-order valence-electron chi connectivity index (χ0n) is 12.5. The van der Waals surface area contributed by atoms with Crippen molar-refractivity contribution in [1.29, 1.82) is 0 Å². The molecule has 0 saturated heterocycles. The van der Waals surface area contributed by atoms with E-state index < -0.39 is 0 Å². The predicted molar refractivity (Wildman–Crippen MR) is 87.3 cm³/mol. The van der Waals surface area contributed by atoms with Gasteiger partial charge in [-0.15, -0.1) is 0 Å². The van der Waals surface area contributed by atoms with Gasteiger partial charge in [0.15, 0.2) is 0 Å². The van der Waals surface area contributed by atoms with Crippen LogP contribution in [0.15, 0.2) is 67.3 Å². The van der Waals surface area contributed by atoms with E-state index in [1.807, 2.05) is 54.6 Å². The Bertz CT molecular complexity index is 806. The van der Waals surface area contributed by atoms with Crippen molar-refractivity contribution in [2.75, 3.05) is 5.32 Å². The Labute approximate surface area is 134 Å². The smallest absolute Gasteiger partial charge is 0.235 e. The average Bonchev–Trinajstić information content (AvgIpc) is 3.24. The summed E-state index contributed by atoms with van der Waals surface area (Å²) in [4.78, 5) is 16.6. The molecule has 114 valence electrons. The molecule has 5 nitrogen and oxygen atoms in total. The molecule has 1 amide bonds.